The van der Waals surface area contributed by atoms with Gasteiger partial charge in [0.25, 0.3) is 0 Å². The standard InChI is InChI=1S/C19H24O3/c1-5-14-7-9-17(20-3)16(11-14)13-22-19-12-15(6-2)8-10-18(19)21-4/h7-12H,5-6,13H2,1-4H3. The van der Waals surface area contributed by atoms with E-state index in [0.29, 0.717) is 6.61 Å². The van der Waals surface area contributed by atoms with E-state index in [9.17, 15) is 0 Å². The summed E-state index contributed by atoms with van der Waals surface area (Å²) in [6, 6.07) is 12.3. The number of methoxy groups -OCH3 is 2. The highest BCUT2D eigenvalue weighted by Crippen LogP contribution is 2.30. The molecule has 2 aromatic rings. The smallest absolute Gasteiger partial charge is 0.161 e. The first-order valence-corrected chi connectivity index (χ1v) is 7.67. The Bertz CT molecular complexity index is 565. The van der Waals surface area contributed by atoms with E-state index in [1.54, 1.807) is 14.2 Å². The van der Waals surface area contributed by atoms with E-state index >= 15 is 0 Å². The van der Waals surface area contributed by atoms with Crippen molar-refractivity contribution in [1.82, 2.24) is 0 Å². The zero-order chi connectivity index (χ0) is 15.9. The fourth-order valence-corrected chi connectivity index (χ4v) is 2.37. The molecule has 0 N–H and O–H groups in total. The monoisotopic (exact) mass is 300 g/mol. The number of aryl methyl sites for hydroxylation is 2. The predicted octanol–water partition coefficient (Wildman–Crippen LogP) is 4.41. The van der Waals surface area contributed by atoms with E-state index in [2.05, 4.69) is 32.0 Å². The quantitative estimate of drug-likeness (QED) is 0.758. The van der Waals surface area contributed by atoms with Gasteiger partial charge in [0.1, 0.15) is 12.4 Å². The van der Waals surface area contributed by atoms with Gasteiger partial charge >= 0.3 is 0 Å². The van der Waals surface area contributed by atoms with Crippen molar-refractivity contribution in [2.45, 2.75) is 33.3 Å². The minimum Gasteiger partial charge on any atom is -0.496 e. The Labute approximate surface area is 132 Å². The molecule has 0 spiro atoms. The topological polar surface area (TPSA) is 27.7 Å². The molecule has 0 unspecified atom stereocenters. The van der Waals surface area contributed by atoms with Gasteiger partial charge in [-0.25, -0.2) is 0 Å². The molecule has 0 fully saturated rings. The Morgan fingerprint density at radius 2 is 1.32 bits per heavy atom. The third kappa shape index (κ3) is 3.73. The lowest BCUT2D eigenvalue weighted by atomic mass is 10.1. The molecule has 2 rings (SSSR count). The van der Waals surface area contributed by atoms with Crippen molar-refractivity contribution in [3.05, 3.63) is 53.1 Å². The predicted molar refractivity (Wildman–Crippen MR) is 89.1 cm³/mol. The van der Waals surface area contributed by atoms with Crippen molar-refractivity contribution in [2.75, 3.05) is 14.2 Å². The second kappa shape index (κ2) is 7.74. The van der Waals surface area contributed by atoms with Crippen LogP contribution in [0.25, 0.3) is 0 Å². The molecular formula is C19H24O3. The Morgan fingerprint density at radius 1 is 0.727 bits per heavy atom. The third-order valence-electron chi connectivity index (χ3n) is 3.77. The van der Waals surface area contributed by atoms with E-state index in [0.717, 1.165) is 35.7 Å². The van der Waals surface area contributed by atoms with Crippen molar-refractivity contribution in [3.63, 3.8) is 0 Å². The maximum absolute atomic E-state index is 5.99. The molecule has 0 amide bonds. The molecule has 3 nitrogen and oxygen atoms in total. The lowest BCUT2D eigenvalue weighted by Crippen LogP contribution is -2.01. The molecule has 0 radical (unpaired) electrons. The summed E-state index contributed by atoms with van der Waals surface area (Å²) < 4.78 is 16.8. The van der Waals surface area contributed by atoms with E-state index in [-0.39, 0.29) is 0 Å². The van der Waals surface area contributed by atoms with Gasteiger partial charge < -0.3 is 14.2 Å². The molecular weight excluding hydrogens is 276 g/mol. The van der Waals surface area contributed by atoms with Crippen LogP contribution < -0.4 is 14.2 Å². The molecule has 0 saturated carbocycles. The maximum atomic E-state index is 5.99. The van der Waals surface area contributed by atoms with Crippen LogP contribution in [0, 0.1) is 0 Å². The van der Waals surface area contributed by atoms with E-state index in [4.69, 9.17) is 14.2 Å². The molecule has 0 saturated heterocycles. The summed E-state index contributed by atoms with van der Waals surface area (Å²) in [5, 5.41) is 0. The van der Waals surface area contributed by atoms with Gasteiger partial charge in [0, 0.05) is 5.56 Å². The van der Waals surface area contributed by atoms with Crippen molar-refractivity contribution in [3.8, 4) is 17.2 Å². The van der Waals surface area contributed by atoms with Crippen LogP contribution in [0.4, 0.5) is 0 Å². The van der Waals surface area contributed by atoms with Crippen LogP contribution in [-0.2, 0) is 19.4 Å². The SMILES string of the molecule is CCc1ccc(OC)c(COc2cc(CC)ccc2OC)c1. The first kappa shape index (κ1) is 16.2. The molecule has 0 aliphatic rings. The lowest BCUT2D eigenvalue weighted by Gasteiger charge is -2.14. The summed E-state index contributed by atoms with van der Waals surface area (Å²) in [6.07, 6.45) is 1.96. The Morgan fingerprint density at radius 3 is 1.91 bits per heavy atom. The minimum atomic E-state index is 0.459. The molecule has 0 bridgehead atoms. The zero-order valence-corrected chi connectivity index (χ0v) is 13.8. The average molecular weight is 300 g/mol. The van der Waals surface area contributed by atoms with Crippen LogP contribution >= 0.6 is 0 Å². The second-order valence-corrected chi connectivity index (χ2v) is 5.13. The van der Waals surface area contributed by atoms with Gasteiger partial charge in [-0.3, -0.25) is 0 Å². The number of rotatable bonds is 7. The second-order valence-electron chi connectivity index (χ2n) is 5.13. The molecule has 118 valence electrons. The molecule has 0 heterocycles. The van der Waals surface area contributed by atoms with Gasteiger partial charge in [0.2, 0.25) is 0 Å². The zero-order valence-electron chi connectivity index (χ0n) is 13.8. The first-order chi connectivity index (χ1) is 10.7. The minimum absolute atomic E-state index is 0.459. The molecule has 0 aliphatic heterocycles. The fourth-order valence-electron chi connectivity index (χ4n) is 2.37. The fraction of sp³-hybridized carbons (Fsp3) is 0.368. The lowest BCUT2D eigenvalue weighted by molar-refractivity contribution is 0.277. The number of ether oxygens (including phenoxy) is 3. The largest absolute Gasteiger partial charge is 0.496 e. The van der Waals surface area contributed by atoms with Crippen molar-refractivity contribution < 1.29 is 14.2 Å². The van der Waals surface area contributed by atoms with Gasteiger partial charge in [0.05, 0.1) is 14.2 Å². The molecule has 0 aliphatic carbocycles. The Kier molecular flexibility index (Phi) is 5.70. The number of hydrogen-bond acceptors (Lipinski definition) is 3. The molecule has 0 aromatic heterocycles. The van der Waals surface area contributed by atoms with Gasteiger partial charge in [-0.15, -0.1) is 0 Å². The van der Waals surface area contributed by atoms with E-state index < -0.39 is 0 Å². The highest BCUT2D eigenvalue weighted by Gasteiger charge is 2.09. The Hall–Kier alpha value is -2.16. The normalized spacial score (nSPS) is 10.4. The van der Waals surface area contributed by atoms with Crippen LogP contribution in [0.1, 0.15) is 30.5 Å². The summed E-state index contributed by atoms with van der Waals surface area (Å²) in [4.78, 5) is 0. The molecule has 2 aromatic carbocycles. The van der Waals surface area contributed by atoms with Crippen LogP contribution in [0.5, 0.6) is 17.2 Å². The Balaban J connectivity index is 2.22. The summed E-state index contributed by atoms with van der Waals surface area (Å²) in [5.74, 6) is 2.37. The summed E-state index contributed by atoms with van der Waals surface area (Å²) in [6.45, 7) is 4.72. The highest BCUT2D eigenvalue weighted by molar-refractivity contribution is 5.44. The summed E-state index contributed by atoms with van der Waals surface area (Å²) >= 11 is 0. The van der Waals surface area contributed by atoms with Gasteiger partial charge in [0.15, 0.2) is 11.5 Å². The number of benzene rings is 2. The maximum Gasteiger partial charge on any atom is 0.161 e. The summed E-state index contributed by atoms with van der Waals surface area (Å²) in [7, 11) is 3.34. The number of hydrogen-bond donors (Lipinski definition) is 0. The highest BCUT2D eigenvalue weighted by atomic mass is 16.5. The van der Waals surface area contributed by atoms with Crippen LogP contribution in [-0.4, -0.2) is 14.2 Å². The molecule has 0 atom stereocenters. The molecule has 3 heteroatoms. The van der Waals surface area contributed by atoms with Gasteiger partial charge in [-0.1, -0.05) is 26.0 Å². The van der Waals surface area contributed by atoms with Crippen LogP contribution in [0.2, 0.25) is 0 Å². The van der Waals surface area contributed by atoms with Crippen LogP contribution in [0.3, 0.4) is 0 Å². The van der Waals surface area contributed by atoms with Crippen LogP contribution in [0.15, 0.2) is 36.4 Å². The van der Waals surface area contributed by atoms with Gasteiger partial charge in [-0.2, -0.15) is 0 Å². The summed E-state index contributed by atoms with van der Waals surface area (Å²) in [5.41, 5.74) is 3.55. The van der Waals surface area contributed by atoms with E-state index in [1.165, 1.54) is 11.1 Å². The molecule has 22 heavy (non-hydrogen) atoms. The first-order valence-electron chi connectivity index (χ1n) is 7.67. The average Bonchev–Trinajstić information content (AvgIpc) is 2.59. The van der Waals surface area contributed by atoms with E-state index in [1.807, 2.05) is 18.2 Å². The van der Waals surface area contributed by atoms with Crippen molar-refractivity contribution >= 4 is 0 Å². The van der Waals surface area contributed by atoms with Crippen molar-refractivity contribution in [2.24, 2.45) is 0 Å². The third-order valence-corrected chi connectivity index (χ3v) is 3.77. The van der Waals surface area contributed by atoms with Crippen molar-refractivity contribution in [1.29, 1.82) is 0 Å². The van der Waals surface area contributed by atoms with Gasteiger partial charge in [-0.05, 0) is 48.2 Å².